The largest absolute Gasteiger partial charge is 0.399 e. The van der Waals surface area contributed by atoms with Crippen molar-refractivity contribution in [2.24, 2.45) is 0 Å². The Hall–Kier alpha value is -1.57. The number of hydrogen-bond acceptors (Lipinski definition) is 3. The Kier molecular flexibility index (Phi) is 3.09. The van der Waals surface area contributed by atoms with Gasteiger partial charge in [-0.1, -0.05) is 0 Å². The molecule has 0 atom stereocenters. The van der Waals surface area contributed by atoms with Crippen LogP contribution in [0.4, 0.5) is 11.4 Å². The van der Waals surface area contributed by atoms with E-state index in [4.69, 9.17) is 11.5 Å². The van der Waals surface area contributed by atoms with E-state index in [2.05, 4.69) is 0 Å². The molecule has 0 spiro atoms. The van der Waals surface area contributed by atoms with Crippen LogP contribution in [0.25, 0.3) is 0 Å². The first-order valence-electron chi connectivity index (χ1n) is 4.87. The molecule has 0 unspecified atom stereocenters. The van der Waals surface area contributed by atoms with E-state index in [1.165, 1.54) is 0 Å². The molecular formula is C12H13N2OP. The highest BCUT2D eigenvalue weighted by molar-refractivity contribution is 7.67. The third-order valence-corrected chi connectivity index (χ3v) is 3.85. The van der Waals surface area contributed by atoms with E-state index in [1.807, 2.05) is 24.3 Å². The quantitative estimate of drug-likeness (QED) is 0.538. The molecule has 0 aliphatic rings. The molecule has 0 aliphatic carbocycles. The lowest BCUT2D eigenvalue weighted by Crippen LogP contribution is -2.11. The predicted molar refractivity (Wildman–Crippen MR) is 70.1 cm³/mol. The van der Waals surface area contributed by atoms with Gasteiger partial charge in [0.15, 0.2) is 0 Å². The Bertz CT molecular complexity index is 422. The number of hydrogen-bond donors (Lipinski definition) is 3. The Balaban J connectivity index is 2.28. The maximum Gasteiger partial charge on any atom is 0.0877 e. The first-order chi connectivity index (χ1) is 7.66. The number of anilines is 2. The minimum absolute atomic E-state index is 0.699. The van der Waals surface area contributed by atoms with Crippen molar-refractivity contribution in [2.75, 3.05) is 11.5 Å². The van der Waals surface area contributed by atoms with Crippen molar-refractivity contribution < 1.29 is 4.89 Å². The molecule has 2 aromatic carbocycles. The number of benzene rings is 2. The lowest BCUT2D eigenvalue weighted by Gasteiger charge is -2.11. The van der Waals surface area contributed by atoms with Gasteiger partial charge in [0.05, 0.1) is 8.15 Å². The molecule has 0 heterocycles. The zero-order valence-electron chi connectivity index (χ0n) is 8.67. The average Bonchev–Trinajstić information content (AvgIpc) is 2.30. The van der Waals surface area contributed by atoms with Crippen LogP contribution >= 0.6 is 8.15 Å². The summed E-state index contributed by atoms with van der Waals surface area (Å²) >= 11 is 0. The van der Waals surface area contributed by atoms with Crippen molar-refractivity contribution in [3.05, 3.63) is 48.5 Å². The third-order valence-electron chi connectivity index (χ3n) is 2.28. The van der Waals surface area contributed by atoms with Gasteiger partial charge in [0.25, 0.3) is 0 Å². The minimum Gasteiger partial charge on any atom is -0.399 e. The summed E-state index contributed by atoms with van der Waals surface area (Å²) in [4.78, 5) is 10.2. The lowest BCUT2D eigenvalue weighted by atomic mass is 10.3. The highest BCUT2D eigenvalue weighted by Gasteiger charge is 2.09. The molecule has 5 N–H and O–H groups in total. The van der Waals surface area contributed by atoms with E-state index in [1.54, 1.807) is 24.3 Å². The molecule has 0 radical (unpaired) electrons. The van der Waals surface area contributed by atoms with Crippen LogP contribution in [0, 0.1) is 0 Å². The Morgan fingerprint density at radius 2 is 1.00 bits per heavy atom. The van der Waals surface area contributed by atoms with E-state index in [0.717, 1.165) is 10.6 Å². The molecular weight excluding hydrogens is 219 g/mol. The van der Waals surface area contributed by atoms with Crippen LogP contribution in [0.15, 0.2) is 48.5 Å². The summed E-state index contributed by atoms with van der Waals surface area (Å²) in [6.07, 6.45) is 0. The van der Waals surface area contributed by atoms with E-state index < -0.39 is 8.15 Å². The zero-order valence-corrected chi connectivity index (χ0v) is 9.56. The Labute approximate surface area is 95.5 Å². The second-order valence-electron chi connectivity index (χ2n) is 3.49. The predicted octanol–water partition coefficient (Wildman–Crippen LogP) is 1.19. The van der Waals surface area contributed by atoms with E-state index in [0.29, 0.717) is 11.4 Å². The first-order valence-corrected chi connectivity index (χ1v) is 6.16. The highest BCUT2D eigenvalue weighted by Crippen LogP contribution is 2.28. The summed E-state index contributed by atoms with van der Waals surface area (Å²) in [5.41, 5.74) is 12.6. The smallest absolute Gasteiger partial charge is 0.0877 e. The fourth-order valence-electron chi connectivity index (χ4n) is 1.38. The van der Waals surface area contributed by atoms with Gasteiger partial charge in [0.2, 0.25) is 0 Å². The van der Waals surface area contributed by atoms with Gasteiger partial charge in [-0.25, -0.2) is 0 Å². The van der Waals surface area contributed by atoms with Crippen LogP contribution in [-0.2, 0) is 0 Å². The highest BCUT2D eigenvalue weighted by atomic mass is 31.1. The molecule has 2 rings (SSSR count). The molecule has 0 aliphatic heterocycles. The fourth-order valence-corrected chi connectivity index (χ4v) is 2.54. The molecule has 3 nitrogen and oxygen atoms in total. The van der Waals surface area contributed by atoms with Gasteiger partial charge < -0.3 is 16.4 Å². The van der Waals surface area contributed by atoms with Crippen molar-refractivity contribution in [3.8, 4) is 0 Å². The minimum atomic E-state index is -1.31. The molecule has 82 valence electrons. The number of nitrogen functional groups attached to an aromatic ring is 2. The number of rotatable bonds is 2. The number of nitrogens with two attached hydrogens (primary N) is 2. The lowest BCUT2D eigenvalue weighted by molar-refractivity contribution is 0.644. The molecule has 0 amide bonds. The van der Waals surface area contributed by atoms with E-state index >= 15 is 0 Å². The summed E-state index contributed by atoms with van der Waals surface area (Å²) in [6.45, 7) is 0. The van der Waals surface area contributed by atoms with E-state index in [-0.39, 0.29) is 0 Å². The molecule has 4 heteroatoms. The fraction of sp³-hybridized carbons (Fsp3) is 0. The van der Waals surface area contributed by atoms with E-state index in [9.17, 15) is 4.89 Å². The second-order valence-corrected chi connectivity index (χ2v) is 5.15. The van der Waals surface area contributed by atoms with Gasteiger partial charge in [-0.3, -0.25) is 0 Å². The molecule has 16 heavy (non-hydrogen) atoms. The van der Waals surface area contributed by atoms with Crippen LogP contribution in [0.1, 0.15) is 0 Å². The zero-order chi connectivity index (χ0) is 11.5. The van der Waals surface area contributed by atoms with Crippen LogP contribution in [0.2, 0.25) is 0 Å². The normalized spacial score (nSPS) is 10.6. The third kappa shape index (κ3) is 2.32. The van der Waals surface area contributed by atoms with Gasteiger partial charge in [-0.2, -0.15) is 0 Å². The maximum absolute atomic E-state index is 10.2. The topological polar surface area (TPSA) is 72.3 Å². The van der Waals surface area contributed by atoms with Crippen molar-refractivity contribution in [3.63, 3.8) is 0 Å². The Morgan fingerprint density at radius 3 is 1.31 bits per heavy atom. The molecule has 0 saturated carbocycles. The molecule has 0 fully saturated rings. The monoisotopic (exact) mass is 232 g/mol. The van der Waals surface area contributed by atoms with Crippen molar-refractivity contribution in [2.45, 2.75) is 0 Å². The summed E-state index contributed by atoms with van der Waals surface area (Å²) in [7, 11) is -1.31. The SMILES string of the molecule is Nc1ccc(P(O)c2ccc(N)cc2)cc1. The van der Waals surface area contributed by atoms with Gasteiger partial charge in [0, 0.05) is 22.0 Å². The first kappa shape index (κ1) is 10.9. The second kappa shape index (κ2) is 4.52. The van der Waals surface area contributed by atoms with Crippen molar-refractivity contribution in [1.29, 1.82) is 0 Å². The Morgan fingerprint density at radius 1 is 0.688 bits per heavy atom. The van der Waals surface area contributed by atoms with Crippen LogP contribution in [0.5, 0.6) is 0 Å². The van der Waals surface area contributed by atoms with Crippen LogP contribution in [0.3, 0.4) is 0 Å². The summed E-state index contributed by atoms with van der Waals surface area (Å²) < 4.78 is 0. The standard InChI is InChI=1S/C12H13N2OP/c13-9-1-5-11(6-2-9)16(15)12-7-3-10(14)4-8-12/h1-8,15H,13-14H2. The van der Waals surface area contributed by atoms with Gasteiger partial charge in [0.1, 0.15) is 0 Å². The van der Waals surface area contributed by atoms with Crippen LogP contribution < -0.4 is 22.1 Å². The summed E-state index contributed by atoms with van der Waals surface area (Å²) in [5.74, 6) is 0. The van der Waals surface area contributed by atoms with Crippen molar-refractivity contribution in [1.82, 2.24) is 0 Å². The van der Waals surface area contributed by atoms with Crippen molar-refractivity contribution >= 4 is 30.1 Å². The van der Waals surface area contributed by atoms with Gasteiger partial charge >= 0.3 is 0 Å². The van der Waals surface area contributed by atoms with Crippen LogP contribution in [-0.4, -0.2) is 4.89 Å². The maximum atomic E-state index is 10.2. The molecule has 0 saturated heterocycles. The summed E-state index contributed by atoms with van der Waals surface area (Å²) in [6, 6.07) is 14.5. The average molecular weight is 232 g/mol. The molecule has 0 aromatic heterocycles. The molecule has 0 bridgehead atoms. The van der Waals surface area contributed by atoms with Gasteiger partial charge in [-0.15, -0.1) is 0 Å². The molecule has 2 aromatic rings. The summed E-state index contributed by atoms with van der Waals surface area (Å²) in [5, 5.41) is 1.77. The van der Waals surface area contributed by atoms with Gasteiger partial charge in [-0.05, 0) is 48.5 Å².